The maximum atomic E-state index is 4.94. The molecule has 134 valence electrons. The van der Waals surface area contributed by atoms with Crippen molar-refractivity contribution in [1.82, 2.24) is 19.5 Å². The smallest absolute Gasteiger partial charge is 0.143 e. The predicted molar refractivity (Wildman–Crippen MR) is 106 cm³/mol. The number of fused-ring (bicyclic) bond motifs is 3. The standard InChI is InChI=1S/C20H18N6S/c1-25-17-13-26(12-14-5-4-7-21-10-14)23-11-16(17)19-20(25)24-18(27-19)9-15-6-2-3-8-22-15/h2-8,10-11,13,18H,9,12H2,1H3. The minimum Gasteiger partial charge on any atom is -0.327 e. The first-order chi connectivity index (χ1) is 13.3. The molecule has 0 fully saturated rings. The van der Waals surface area contributed by atoms with E-state index in [0.29, 0.717) is 6.54 Å². The van der Waals surface area contributed by atoms with Gasteiger partial charge in [-0.3, -0.25) is 20.0 Å². The van der Waals surface area contributed by atoms with Gasteiger partial charge in [-0.05, 0) is 23.8 Å². The largest absolute Gasteiger partial charge is 0.327 e. The lowest BCUT2D eigenvalue weighted by atomic mass is 10.2. The molecule has 1 atom stereocenters. The van der Waals surface area contributed by atoms with Crippen molar-refractivity contribution in [2.45, 2.75) is 23.2 Å². The molecule has 0 aromatic carbocycles. The molecule has 5 rings (SSSR count). The average molecular weight is 374 g/mol. The second-order valence-electron chi connectivity index (χ2n) is 6.57. The number of hydrazone groups is 1. The fraction of sp³-hybridized carbons (Fsp3) is 0.200. The van der Waals surface area contributed by atoms with Gasteiger partial charge in [0.2, 0.25) is 0 Å². The highest BCUT2D eigenvalue weighted by atomic mass is 32.2. The first-order valence-electron chi connectivity index (χ1n) is 8.82. The molecular formula is C20H18N6S. The number of thioether (sulfide) groups is 1. The van der Waals surface area contributed by atoms with E-state index in [1.54, 1.807) is 18.0 Å². The highest BCUT2D eigenvalue weighted by Crippen LogP contribution is 2.30. The third-order valence-electron chi connectivity index (χ3n) is 4.71. The van der Waals surface area contributed by atoms with Crippen LogP contribution in [0.1, 0.15) is 16.8 Å². The molecule has 3 aromatic rings. The van der Waals surface area contributed by atoms with Crippen LogP contribution >= 0.6 is 11.8 Å². The van der Waals surface area contributed by atoms with Crippen molar-refractivity contribution in [1.29, 1.82) is 0 Å². The van der Waals surface area contributed by atoms with E-state index < -0.39 is 0 Å². The molecule has 2 aliphatic heterocycles. The summed E-state index contributed by atoms with van der Waals surface area (Å²) in [5.41, 5.74) is 4.40. The van der Waals surface area contributed by atoms with Crippen LogP contribution in [0.4, 0.5) is 0 Å². The zero-order chi connectivity index (χ0) is 18.2. The topological polar surface area (TPSA) is 58.7 Å². The average Bonchev–Trinajstić information content (AvgIpc) is 3.22. The molecule has 0 N–H and O–H groups in total. The van der Waals surface area contributed by atoms with Crippen molar-refractivity contribution in [2.24, 2.45) is 17.1 Å². The quantitative estimate of drug-likeness (QED) is 0.697. The van der Waals surface area contributed by atoms with Crippen LogP contribution < -0.4 is 10.8 Å². The summed E-state index contributed by atoms with van der Waals surface area (Å²) in [6, 6.07) is 10.0. The molecule has 0 radical (unpaired) electrons. The van der Waals surface area contributed by atoms with E-state index in [2.05, 4.69) is 45.0 Å². The Balaban J connectivity index is 1.44. The molecule has 0 saturated carbocycles. The Hall–Kier alpha value is -2.93. The van der Waals surface area contributed by atoms with E-state index in [9.17, 15) is 0 Å². The van der Waals surface area contributed by atoms with Gasteiger partial charge < -0.3 is 4.57 Å². The molecule has 0 amide bonds. The van der Waals surface area contributed by atoms with Crippen LogP contribution in [0, 0.1) is 0 Å². The summed E-state index contributed by atoms with van der Waals surface area (Å²) >= 11 is 1.80. The number of hydrogen-bond donors (Lipinski definition) is 0. The zero-order valence-electron chi connectivity index (χ0n) is 14.9. The molecule has 6 nitrogen and oxygen atoms in total. The van der Waals surface area contributed by atoms with Crippen molar-refractivity contribution < 1.29 is 0 Å². The molecule has 0 saturated heterocycles. The van der Waals surface area contributed by atoms with Gasteiger partial charge in [-0.2, -0.15) is 5.10 Å². The van der Waals surface area contributed by atoms with E-state index >= 15 is 0 Å². The van der Waals surface area contributed by atoms with Gasteiger partial charge >= 0.3 is 0 Å². The SMILES string of the molecule is Cn1c2c(c3c1=NC(Cc1ccccn1)S3)C=NN(Cc1cccnc1)C=2. The fourth-order valence-electron chi connectivity index (χ4n) is 3.38. The molecule has 0 aliphatic carbocycles. The maximum Gasteiger partial charge on any atom is 0.143 e. The Bertz CT molecular complexity index is 1120. The third kappa shape index (κ3) is 3.04. The maximum absolute atomic E-state index is 4.94. The first-order valence-corrected chi connectivity index (χ1v) is 9.70. The van der Waals surface area contributed by atoms with Crippen molar-refractivity contribution >= 4 is 24.2 Å². The third-order valence-corrected chi connectivity index (χ3v) is 5.89. The number of aromatic nitrogens is 3. The number of nitrogens with zero attached hydrogens (tertiary/aromatic N) is 6. The summed E-state index contributed by atoms with van der Waals surface area (Å²) in [5, 5.41) is 7.87. The van der Waals surface area contributed by atoms with Crippen molar-refractivity contribution in [3.63, 3.8) is 0 Å². The van der Waals surface area contributed by atoms with Gasteiger partial charge in [-0.15, -0.1) is 0 Å². The second-order valence-corrected chi connectivity index (χ2v) is 7.76. The van der Waals surface area contributed by atoms with Gasteiger partial charge in [0.25, 0.3) is 0 Å². The summed E-state index contributed by atoms with van der Waals surface area (Å²) in [4.78, 5) is 14.8. The van der Waals surface area contributed by atoms with Crippen LogP contribution in [0.5, 0.6) is 0 Å². The van der Waals surface area contributed by atoms with Crippen LogP contribution in [-0.4, -0.2) is 31.1 Å². The Labute approximate surface area is 161 Å². The van der Waals surface area contributed by atoms with Crippen LogP contribution in [0.2, 0.25) is 0 Å². The van der Waals surface area contributed by atoms with Crippen LogP contribution in [-0.2, 0) is 20.0 Å². The van der Waals surface area contributed by atoms with Crippen LogP contribution in [0.15, 0.2) is 63.9 Å². The molecule has 5 heterocycles. The highest BCUT2D eigenvalue weighted by Gasteiger charge is 2.26. The van der Waals surface area contributed by atoms with Crippen molar-refractivity contribution in [3.05, 3.63) is 76.6 Å². The van der Waals surface area contributed by atoms with E-state index in [1.165, 1.54) is 4.90 Å². The molecule has 7 heteroatoms. The molecular weight excluding hydrogens is 356 g/mol. The van der Waals surface area contributed by atoms with Crippen LogP contribution in [0.3, 0.4) is 0 Å². The summed E-state index contributed by atoms with van der Waals surface area (Å²) in [6.07, 6.45) is 10.4. The van der Waals surface area contributed by atoms with Crippen molar-refractivity contribution in [3.8, 4) is 0 Å². The molecule has 0 bridgehead atoms. The first kappa shape index (κ1) is 16.3. The molecule has 3 aromatic heterocycles. The van der Waals surface area contributed by atoms with Gasteiger partial charge in [0, 0.05) is 49.5 Å². The Kier molecular flexibility index (Phi) is 4.01. The van der Waals surface area contributed by atoms with E-state index in [-0.39, 0.29) is 5.37 Å². The summed E-state index contributed by atoms with van der Waals surface area (Å²) in [5.74, 6) is 0. The molecule has 27 heavy (non-hydrogen) atoms. The number of pyridine rings is 2. The van der Waals surface area contributed by atoms with E-state index in [4.69, 9.17) is 4.99 Å². The molecule has 2 aliphatic rings. The second kappa shape index (κ2) is 6.66. The Morgan fingerprint density at radius 3 is 2.93 bits per heavy atom. The normalized spacial score (nSPS) is 17.2. The summed E-state index contributed by atoms with van der Waals surface area (Å²) in [7, 11) is 2.07. The minimum absolute atomic E-state index is 0.170. The molecule has 1 unspecified atom stereocenters. The van der Waals surface area contributed by atoms with Crippen LogP contribution in [0.25, 0.3) is 6.20 Å². The van der Waals surface area contributed by atoms with Gasteiger partial charge in [0.1, 0.15) is 10.9 Å². The lowest BCUT2D eigenvalue weighted by Gasteiger charge is -2.17. The minimum atomic E-state index is 0.170. The summed E-state index contributed by atoms with van der Waals surface area (Å²) in [6.45, 7) is 0.701. The number of rotatable bonds is 4. The lowest BCUT2D eigenvalue weighted by Crippen LogP contribution is -2.30. The van der Waals surface area contributed by atoms with Gasteiger partial charge in [-0.1, -0.05) is 23.9 Å². The predicted octanol–water partition coefficient (Wildman–Crippen LogP) is 1.70. The monoisotopic (exact) mass is 374 g/mol. The lowest BCUT2D eigenvalue weighted by molar-refractivity contribution is 0.427. The number of hydrogen-bond acceptors (Lipinski definition) is 6. The summed E-state index contributed by atoms with van der Waals surface area (Å²) < 4.78 is 2.16. The Morgan fingerprint density at radius 1 is 1.15 bits per heavy atom. The fourth-order valence-corrected chi connectivity index (χ4v) is 4.64. The Morgan fingerprint density at radius 2 is 2.11 bits per heavy atom. The van der Waals surface area contributed by atoms with E-state index in [0.717, 1.165) is 34.1 Å². The van der Waals surface area contributed by atoms with Gasteiger partial charge in [0.05, 0.1) is 23.0 Å². The van der Waals surface area contributed by atoms with E-state index in [1.807, 2.05) is 41.8 Å². The zero-order valence-corrected chi connectivity index (χ0v) is 15.7. The van der Waals surface area contributed by atoms with Crippen molar-refractivity contribution in [2.75, 3.05) is 0 Å². The van der Waals surface area contributed by atoms with Gasteiger partial charge in [0.15, 0.2) is 0 Å². The molecule has 0 spiro atoms. The highest BCUT2D eigenvalue weighted by molar-refractivity contribution is 8.00. The van der Waals surface area contributed by atoms with Gasteiger partial charge in [-0.25, -0.2) is 0 Å².